The monoisotopic (exact) mass is 424 g/mol. The number of amides is 1. The van der Waals surface area contributed by atoms with E-state index in [0.717, 1.165) is 12.1 Å². The summed E-state index contributed by atoms with van der Waals surface area (Å²) in [6.07, 6.45) is -3.25. The van der Waals surface area contributed by atoms with Crippen LogP contribution in [0.15, 0.2) is 70.2 Å². The van der Waals surface area contributed by atoms with Crippen molar-refractivity contribution in [3.8, 4) is 0 Å². The van der Waals surface area contributed by atoms with Gasteiger partial charge in [-0.05, 0) is 49.4 Å². The SMILES string of the molecule is Cc1occc1C(=O)Nc1cccc(S(=O)(=O)Nc2cccc(C(F)(F)F)c2)c1. The van der Waals surface area contributed by atoms with E-state index in [-0.39, 0.29) is 16.3 Å². The van der Waals surface area contributed by atoms with Gasteiger partial charge < -0.3 is 9.73 Å². The minimum atomic E-state index is -4.60. The molecule has 0 saturated carbocycles. The van der Waals surface area contributed by atoms with Crippen LogP contribution < -0.4 is 10.0 Å². The molecule has 0 fully saturated rings. The van der Waals surface area contributed by atoms with Crippen LogP contribution in [0.25, 0.3) is 0 Å². The van der Waals surface area contributed by atoms with Crippen molar-refractivity contribution in [1.29, 1.82) is 0 Å². The van der Waals surface area contributed by atoms with E-state index in [1.807, 2.05) is 0 Å². The Morgan fingerprint density at radius 2 is 1.69 bits per heavy atom. The molecule has 0 radical (unpaired) electrons. The molecule has 0 bridgehead atoms. The molecule has 6 nitrogen and oxygen atoms in total. The van der Waals surface area contributed by atoms with Gasteiger partial charge in [0.25, 0.3) is 15.9 Å². The molecule has 1 amide bonds. The highest BCUT2D eigenvalue weighted by Crippen LogP contribution is 2.31. The Morgan fingerprint density at radius 3 is 2.34 bits per heavy atom. The van der Waals surface area contributed by atoms with Crippen LogP contribution in [-0.2, 0) is 16.2 Å². The fraction of sp³-hybridized carbons (Fsp3) is 0.105. The lowest BCUT2D eigenvalue weighted by molar-refractivity contribution is -0.137. The number of hydrogen-bond acceptors (Lipinski definition) is 4. The number of carbonyl (C=O) groups is 1. The fourth-order valence-corrected chi connectivity index (χ4v) is 3.63. The van der Waals surface area contributed by atoms with Gasteiger partial charge in [-0.25, -0.2) is 8.42 Å². The predicted octanol–water partition coefficient (Wildman–Crippen LogP) is 4.66. The van der Waals surface area contributed by atoms with Crippen LogP contribution in [-0.4, -0.2) is 14.3 Å². The summed E-state index contributed by atoms with van der Waals surface area (Å²) in [5.41, 5.74) is -0.722. The van der Waals surface area contributed by atoms with Gasteiger partial charge >= 0.3 is 6.18 Å². The van der Waals surface area contributed by atoms with Gasteiger partial charge in [0.15, 0.2) is 0 Å². The summed E-state index contributed by atoms with van der Waals surface area (Å²) in [4.78, 5) is 12.0. The van der Waals surface area contributed by atoms with Gasteiger partial charge in [-0.2, -0.15) is 13.2 Å². The molecule has 2 N–H and O–H groups in total. The second kappa shape index (κ2) is 7.63. The van der Waals surface area contributed by atoms with E-state index < -0.39 is 27.7 Å². The number of furan rings is 1. The molecule has 0 aliphatic rings. The molecule has 0 spiro atoms. The van der Waals surface area contributed by atoms with E-state index in [9.17, 15) is 26.4 Å². The number of nitrogens with one attached hydrogen (secondary N) is 2. The van der Waals surface area contributed by atoms with Gasteiger partial charge in [0.1, 0.15) is 5.76 Å². The number of rotatable bonds is 5. The lowest BCUT2D eigenvalue weighted by Crippen LogP contribution is -2.15. The third-order valence-corrected chi connectivity index (χ3v) is 5.33. The number of halogens is 3. The van der Waals surface area contributed by atoms with Gasteiger partial charge in [-0.1, -0.05) is 12.1 Å². The van der Waals surface area contributed by atoms with Gasteiger partial charge in [0.2, 0.25) is 0 Å². The molecule has 10 heteroatoms. The van der Waals surface area contributed by atoms with E-state index in [0.29, 0.717) is 17.4 Å². The minimum Gasteiger partial charge on any atom is -0.469 e. The van der Waals surface area contributed by atoms with Crippen LogP contribution in [0.1, 0.15) is 21.7 Å². The number of anilines is 2. The third-order valence-electron chi connectivity index (χ3n) is 3.95. The topological polar surface area (TPSA) is 88.4 Å². The first kappa shape index (κ1) is 20.5. The average Bonchev–Trinajstić information content (AvgIpc) is 3.07. The highest BCUT2D eigenvalue weighted by molar-refractivity contribution is 7.92. The van der Waals surface area contributed by atoms with Crippen molar-refractivity contribution in [2.75, 3.05) is 10.0 Å². The van der Waals surface area contributed by atoms with E-state index >= 15 is 0 Å². The maximum absolute atomic E-state index is 12.8. The van der Waals surface area contributed by atoms with E-state index in [1.165, 1.54) is 42.7 Å². The number of aryl methyl sites for hydroxylation is 1. The van der Waals surface area contributed by atoms with E-state index in [2.05, 4.69) is 10.0 Å². The van der Waals surface area contributed by atoms with Crippen molar-refractivity contribution in [3.05, 3.63) is 77.7 Å². The Morgan fingerprint density at radius 1 is 1.00 bits per heavy atom. The Labute approximate surface area is 164 Å². The molecular weight excluding hydrogens is 409 g/mol. The highest BCUT2D eigenvalue weighted by Gasteiger charge is 2.30. The van der Waals surface area contributed by atoms with Crippen molar-refractivity contribution in [2.45, 2.75) is 18.0 Å². The number of carbonyl (C=O) groups excluding carboxylic acids is 1. The molecule has 1 aromatic heterocycles. The van der Waals surface area contributed by atoms with Gasteiger partial charge in [-0.3, -0.25) is 9.52 Å². The second-order valence-corrected chi connectivity index (χ2v) is 7.74. The van der Waals surface area contributed by atoms with Crippen molar-refractivity contribution in [3.63, 3.8) is 0 Å². The van der Waals surface area contributed by atoms with Crippen LogP contribution in [0.2, 0.25) is 0 Å². The Balaban J connectivity index is 1.82. The van der Waals surface area contributed by atoms with Gasteiger partial charge in [0.05, 0.1) is 22.3 Å². The molecule has 1 heterocycles. The van der Waals surface area contributed by atoms with Crippen LogP contribution in [0, 0.1) is 6.92 Å². The molecule has 0 aliphatic carbocycles. The third kappa shape index (κ3) is 4.77. The summed E-state index contributed by atoms with van der Waals surface area (Å²) >= 11 is 0. The number of alkyl halides is 3. The number of sulfonamides is 1. The standard InChI is InChI=1S/C19H15F3N2O4S/c1-12-17(8-9-28-12)18(25)23-14-5-3-7-16(11-14)29(26,27)24-15-6-2-4-13(10-15)19(20,21)22/h2-11,24H,1H3,(H,23,25). The Hall–Kier alpha value is -3.27. The van der Waals surface area contributed by atoms with E-state index in [1.54, 1.807) is 6.92 Å². The first-order valence-corrected chi connectivity index (χ1v) is 9.70. The normalized spacial score (nSPS) is 11.9. The molecule has 3 rings (SSSR count). The maximum Gasteiger partial charge on any atom is 0.416 e. The zero-order valence-electron chi connectivity index (χ0n) is 14.9. The van der Waals surface area contributed by atoms with Crippen LogP contribution >= 0.6 is 0 Å². The summed E-state index contributed by atoms with van der Waals surface area (Å²) in [6.45, 7) is 1.61. The zero-order chi connectivity index (χ0) is 21.2. The lowest BCUT2D eigenvalue weighted by Gasteiger charge is -2.12. The summed E-state index contributed by atoms with van der Waals surface area (Å²) in [5, 5.41) is 2.55. The largest absolute Gasteiger partial charge is 0.469 e. The quantitative estimate of drug-likeness (QED) is 0.624. The molecule has 3 aromatic rings. The maximum atomic E-state index is 12.8. The van der Waals surface area contributed by atoms with Crippen molar-refractivity contribution >= 4 is 27.3 Å². The van der Waals surface area contributed by atoms with Gasteiger partial charge in [-0.15, -0.1) is 0 Å². The molecule has 2 aromatic carbocycles. The lowest BCUT2D eigenvalue weighted by atomic mass is 10.2. The van der Waals surface area contributed by atoms with Crippen molar-refractivity contribution in [2.24, 2.45) is 0 Å². The summed E-state index contributed by atoms with van der Waals surface area (Å²) in [6, 6.07) is 10.7. The zero-order valence-corrected chi connectivity index (χ0v) is 15.8. The first-order valence-electron chi connectivity index (χ1n) is 8.22. The molecule has 0 atom stereocenters. The minimum absolute atomic E-state index is 0.197. The second-order valence-electron chi connectivity index (χ2n) is 6.06. The van der Waals surface area contributed by atoms with Crippen LogP contribution in [0.5, 0.6) is 0 Å². The summed E-state index contributed by atoms with van der Waals surface area (Å²) in [7, 11) is -4.18. The molecular formula is C19H15F3N2O4S. The van der Waals surface area contributed by atoms with Crippen molar-refractivity contribution in [1.82, 2.24) is 0 Å². The smallest absolute Gasteiger partial charge is 0.416 e. The van der Waals surface area contributed by atoms with Gasteiger partial charge in [0, 0.05) is 11.4 Å². The van der Waals surface area contributed by atoms with Crippen LogP contribution in [0.3, 0.4) is 0 Å². The molecule has 0 saturated heterocycles. The van der Waals surface area contributed by atoms with Crippen molar-refractivity contribution < 1.29 is 30.8 Å². The molecule has 152 valence electrons. The Kier molecular flexibility index (Phi) is 5.38. The number of hydrogen-bond donors (Lipinski definition) is 2. The fourth-order valence-electron chi connectivity index (χ4n) is 2.53. The summed E-state index contributed by atoms with van der Waals surface area (Å²) < 4.78 is 70.7. The predicted molar refractivity (Wildman–Crippen MR) is 100 cm³/mol. The van der Waals surface area contributed by atoms with E-state index in [4.69, 9.17) is 4.42 Å². The first-order chi connectivity index (χ1) is 13.6. The summed E-state index contributed by atoms with van der Waals surface area (Å²) in [5.74, 6) is -0.0888. The highest BCUT2D eigenvalue weighted by atomic mass is 32.2. The molecule has 29 heavy (non-hydrogen) atoms. The molecule has 0 unspecified atom stereocenters. The Bertz CT molecular complexity index is 1150. The van der Waals surface area contributed by atoms with Crippen LogP contribution in [0.4, 0.5) is 24.5 Å². The average molecular weight is 424 g/mol. The molecule has 0 aliphatic heterocycles. The number of benzene rings is 2.